The maximum atomic E-state index is 11.6. The molecule has 0 aromatic rings. The van der Waals surface area contributed by atoms with Crippen LogP contribution in [0.1, 0.15) is 6.42 Å². The topological polar surface area (TPSA) is 46.6 Å². The fraction of sp³-hybridized carbons (Fsp3) is 0.400. The Bertz CT molecular complexity index is 294. The minimum Gasteiger partial charge on any atom is -0.468 e. The van der Waals surface area contributed by atoms with Gasteiger partial charge in [0.1, 0.15) is 5.92 Å². The highest BCUT2D eigenvalue weighted by molar-refractivity contribution is 5.98. The van der Waals surface area contributed by atoms with E-state index in [9.17, 15) is 9.59 Å². The maximum Gasteiger partial charge on any atom is 0.318 e. The molecule has 0 aromatic carbocycles. The van der Waals surface area contributed by atoms with E-state index < -0.39 is 11.9 Å². The van der Waals surface area contributed by atoms with Crippen LogP contribution in [-0.2, 0) is 14.3 Å². The van der Waals surface area contributed by atoms with E-state index in [4.69, 9.17) is 0 Å². The minimum absolute atomic E-state index is 0.238. The van der Waals surface area contributed by atoms with E-state index in [0.717, 1.165) is 0 Å². The summed E-state index contributed by atoms with van der Waals surface area (Å²) in [5.41, 5.74) is 0. The van der Waals surface area contributed by atoms with Gasteiger partial charge in [-0.05, 0) is 12.5 Å². The number of hydrogen-bond donors (Lipinski definition) is 0. The first kappa shape index (κ1) is 10.5. The third kappa shape index (κ3) is 2.22. The van der Waals surface area contributed by atoms with E-state index in [-0.39, 0.29) is 5.91 Å². The average Bonchev–Trinajstić information content (AvgIpc) is 2.19. The summed E-state index contributed by atoms with van der Waals surface area (Å²) in [6.45, 7) is 0. The molecule has 1 rings (SSSR count). The Morgan fingerprint density at radius 3 is 2.93 bits per heavy atom. The highest BCUT2D eigenvalue weighted by atomic mass is 16.5. The summed E-state index contributed by atoms with van der Waals surface area (Å²) in [5, 5.41) is 0. The number of methoxy groups -OCH3 is 1. The van der Waals surface area contributed by atoms with Gasteiger partial charge in [0, 0.05) is 13.2 Å². The summed E-state index contributed by atoms with van der Waals surface area (Å²) in [6.07, 6.45) is 7.35. The summed E-state index contributed by atoms with van der Waals surface area (Å²) in [4.78, 5) is 24.3. The van der Waals surface area contributed by atoms with E-state index in [1.165, 1.54) is 12.0 Å². The molecule has 1 amide bonds. The van der Waals surface area contributed by atoms with Crippen LogP contribution >= 0.6 is 0 Å². The molecule has 0 spiro atoms. The molecule has 14 heavy (non-hydrogen) atoms. The van der Waals surface area contributed by atoms with Gasteiger partial charge in [-0.3, -0.25) is 9.59 Å². The Morgan fingerprint density at radius 2 is 2.29 bits per heavy atom. The maximum absolute atomic E-state index is 11.6. The smallest absolute Gasteiger partial charge is 0.318 e. The Kier molecular flexibility index (Phi) is 3.45. The van der Waals surface area contributed by atoms with Crippen LogP contribution in [-0.4, -0.2) is 30.9 Å². The summed E-state index contributed by atoms with van der Waals surface area (Å²) < 4.78 is 4.56. The molecule has 4 nitrogen and oxygen atoms in total. The van der Waals surface area contributed by atoms with Gasteiger partial charge in [0.25, 0.3) is 0 Å². The van der Waals surface area contributed by atoms with Crippen molar-refractivity contribution in [1.29, 1.82) is 0 Å². The molecular weight excluding hydrogens is 182 g/mol. The van der Waals surface area contributed by atoms with Crippen LogP contribution in [0, 0.1) is 5.92 Å². The first-order valence-electron chi connectivity index (χ1n) is 4.34. The van der Waals surface area contributed by atoms with Gasteiger partial charge in [-0.15, -0.1) is 0 Å². The van der Waals surface area contributed by atoms with Crippen LogP contribution in [0.4, 0.5) is 0 Å². The molecule has 1 unspecified atom stereocenters. The third-order valence-corrected chi connectivity index (χ3v) is 2.06. The molecule has 0 bridgehead atoms. The van der Waals surface area contributed by atoms with Gasteiger partial charge in [-0.25, -0.2) is 0 Å². The van der Waals surface area contributed by atoms with Crippen LogP contribution in [0.3, 0.4) is 0 Å². The number of nitrogens with zero attached hydrogens (tertiary/aromatic N) is 1. The zero-order valence-corrected chi connectivity index (χ0v) is 8.27. The standard InChI is InChI=1S/C10H13NO3/c1-11-7-5-3-4-6-8(9(11)12)10(13)14-2/h3-5,7-8H,6H2,1-2H3. The molecule has 4 heteroatoms. The molecule has 1 aliphatic heterocycles. The Hall–Kier alpha value is -1.58. The van der Waals surface area contributed by atoms with Crippen molar-refractivity contribution < 1.29 is 14.3 Å². The molecule has 1 atom stereocenters. The van der Waals surface area contributed by atoms with Gasteiger partial charge >= 0.3 is 5.97 Å². The summed E-state index contributed by atoms with van der Waals surface area (Å²) in [5.74, 6) is -1.44. The fourth-order valence-corrected chi connectivity index (χ4v) is 1.23. The van der Waals surface area contributed by atoms with Crippen molar-refractivity contribution in [2.45, 2.75) is 6.42 Å². The number of ether oxygens (including phenoxy) is 1. The second kappa shape index (κ2) is 4.60. The van der Waals surface area contributed by atoms with Crippen LogP contribution in [0.5, 0.6) is 0 Å². The molecule has 1 heterocycles. The molecule has 0 N–H and O–H groups in total. The van der Waals surface area contributed by atoms with E-state index in [0.29, 0.717) is 6.42 Å². The van der Waals surface area contributed by atoms with Gasteiger partial charge in [-0.2, -0.15) is 0 Å². The molecular formula is C10H13NO3. The summed E-state index contributed by atoms with van der Waals surface area (Å²) in [7, 11) is 2.90. The largest absolute Gasteiger partial charge is 0.468 e. The third-order valence-electron chi connectivity index (χ3n) is 2.06. The second-order valence-electron chi connectivity index (χ2n) is 3.03. The van der Waals surface area contributed by atoms with Crippen molar-refractivity contribution >= 4 is 11.9 Å². The van der Waals surface area contributed by atoms with Crippen molar-refractivity contribution in [3.05, 3.63) is 24.4 Å². The molecule has 0 saturated carbocycles. The predicted octanol–water partition coefficient (Wildman–Crippen LogP) is 0.708. The Balaban J connectivity index is 2.84. The minimum atomic E-state index is -0.716. The quantitative estimate of drug-likeness (QED) is 0.457. The average molecular weight is 195 g/mol. The molecule has 76 valence electrons. The number of rotatable bonds is 1. The zero-order valence-electron chi connectivity index (χ0n) is 8.27. The fourth-order valence-electron chi connectivity index (χ4n) is 1.23. The van der Waals surface area contributed by atoms with Crippen molar-refractivity contribution in [2.75, 3.05) is 14.2 Å². The Morgan fingerprint density at radius 1 is 1.57 bits per heavy atom. The number of amides is 1. The SMILES string of the molecule is COC(=O)C1CC=CC=CN(C)C1=O. The number of allylic oxidation sites excluding steroid dienone is 3. The Labute approximate surface area is 82.8 Å². The molecule has 0 saturated heterocycles. The number of hydrogen-bond acceptors (Lipinski definition) is 3. The van der Waals surface area contributed by atoms with Crippen LogP contribution in [0.2, 0.25) is 0 Å². The normalized spacial score (nSPS) is 21.7. The van der Waals surface area contributed by atoms with Crippen LogP contribution in [0.15, 0.2) is 24.4 Å². The lowest BCUT2D eigenvalue weighted by Crippen LogP contribution is -2.34. The van der Waals surface area contributed by atoms with Gasteiger partial charge < -0.3 is 9.64 Å². The summed E-state index contributed by atoms with van der Waals surface area (Å²) >= 11 is 0. The lowest BCUT2D eigenvalue weighted by Gasteiger charge is -2.19. The lowest BCUT2D eigenvalue weighted by atomic mass is 10.0. The van der Waals surface area contributed by atoms with Gasteiger partial charge in [-0.1, -0.05) is 12.2 Å². The number of esters is 1. The van der Waals surface area contributed by atoms with E-state index >= 15 is 0 Å². The molecule has 0 aliphatic carbocycles. The molecule has 0 radical (unpaired) electrons. The second-order valence-corrected chi connectivity index (χ2v) is 3.03. The zero-order chi connectivity index (χ0) is 10.6. The molecule has 1 aliphatic rings. The first-order chi connectivity index (χ1) is 6.66. The van der Waals surface area contributed by atoms with Gasteiger partial charge in [0.15, 0.2) is 0 Å². The van der Waals surface area contributed by atoms with Gasteiger partial charge in [0.2, 0.25) is 5.91 Å². The van der Waals surface area contributed by atoms with E-state index in [1.807, 2.05) is 0 Å². The lowest BCUT2D eigenvalue weighted by molar-refractivity contribution is -0.152. The monoisotopic (exact) mass is 195 g/mol. The summed E-state index contributed by atoms with van der Waals surface area (Å²) in [6, 6.07) is 0. The van der Waals surface area contributed by atoms with Crippen molar-refractivity contribution in [1.82, 2.24) is 4.90 Å². The van der Waals surface area contributed by atoms with E-state index in [2.05, 4.69) is 4.74 Å². The van der Waals surface area contributed by atoms with E-state index in [1.54, 1.807) is 31.5 Å². The van der Waals surface area contributed by atoms with Gasteiger partial charge in [0.05, 0.1) is 7.11 Å². The highest BCUT2D eigenvalue weighted by Gasteiger charge is 2.28. The molecule has 0 aromatic heterocycles. The van der Waals surface area contributed by atoms with Crippen LogP contribution in [0.25, 0.3) is 0 Å². The first-order valence-corrected chi connectivity index (χ1v) is 4.34. The number of carbonyl (C=O) groups is 2. The predicted molar refractivity (Wildman–Crippen MR) is 51.2 cm³/mol. The highest BCUT2D eigenvalue weighted by Crippen LogP contribution is 2.12. The van der Waals surface area contributed by atoms with Crippen molar-refractivity contribution in [2.24, 2.45) is 5.92 Å². The molecule has 0 fully saturated rings. The van der Waals surface area contributed by atoms with Crippen LogP contribution < -0.4 is 0 Å². The number of carbonyl (C=O) groups excluding carboxylic acids is 2. The van der Waals surface area contributed by atoms with Crippen molar-refractivity contribution in [3.8, 4) is 0 Å². The van der Waals surface area contributed by atoms with Crippen molar-refractivity contribution in [3.63, 3.8) is 0 Å².